The lowest BCUT2D eigenvalue weighted by Crippen LogP contribution is -2.60. The number of hydrogen-bond acceptors (Lipinski definition) is 9. The van der Waals surface area contributed by atoms with Crippen molar-refractivity contribution in [3.63, 3.8) is 0 Å². The predicted octanol–water partition coefficient (Wildman–Crippen LogP) is 5.62. The van der Waals surface area contributed by atoms with Crippen LogP contribution in [0.15, 0.2) is 36.5 Å². The normalized spacial score (nSPS) is 27.7. The van der Waals surface area contributed by atoms with Gasteiger partial charge in [0.1, 0.15) is 41.7 Å². The van der Waals surface area contributed by atoms with Crippen molar-refractivity contribution in [2.75, 3.05) is 44.3 Å². The highest BCUT2D eigenvalue weighted by Crippen LogP contribution is 2.42. The number of phenols is 1. The fourth-order valence-corrected chi connectivity index (χ4v) is 8.35. The minimum Gasteiger partial charge on any atom is -0.508 e. The number of carbonyl (C=O) groups is 1. The lowest BCUT2D eigenvalue weighted by molar-refractivity contribution is 0.107. The van der Waals surface area contributed by atoms with E-state index in [2.05, 4.69) is 25.2 Å². The number of ether oxygens (including phenoxy) is 2. The van der Waals surface area contributed by atoms with Crippen molar-refractivity contribution in [3.05, 3.63) is 47.9 Å². The summed E-state index contributed by atoms with van der Waals surface area (Å²) >= 11 is 0. The molecule has 2 N–H and O–H groups in total. The van der Waals surface area contributed by atoms with Crippen LogP contribution in [0.25, 0.3) is 32.9 Å². The van der Waals surface area contributed by atoms with Crippen LogP contribution in [0, 0.1) is 5.82 Å². The number of nitrogens with zero attached hydrogens (tertiary/aromatic N) is 5. The molecule has 6 bridgehead atoms. The number of aryl methyl sites for hydroxylation is 1. The van der Waals surface area contributed by atoms with Gasteiger partial charge in [0.15, 0.2) is 5.82 Å². The van der Waals surface area contributed by atoms with Gasteiger partial charge < -0.3 is 24.8 Å². The molecule has 5 aliphatic heterocycles. The summed E-state index contributed by atoms with van der Waals surface area (Å²) in [4.78, 5) is 30.5. The van der Waals surface area contributed by atoms with Gasteiger partial charge in [-0.15, -0.1) is 0 Å². The number of alkyl halides is 2. The third-order valence-corrected chi connectivity index (χ3v) is 10.3. The molecule has 4 aromatic rings. The first-order valence-corrected chi connectivity index (χ1v) is 16.6. The van der Waals surface area contributed by atoms with E-state index in [1.165, 1.54) is 12.3 Å². The number of fused-ring (bicyclic) bond motifs is 7. The zero-order valence-electron chi connectivity index (χ0n) is 26.6. The molecule has 1 amide bonds. The van der Waals surface area contributed by atoms with Gasteiger partial charge in [0.2, 0.25) is 0 Å². The molecule has 2 aromatic carbocycles. The van der Waals surface area contributed by atoms with E-state index < -0.39 is 35.3 Å². The first kappa shape index (κ1) is 30.9. The Hall–Kier alpha value is -4.39. The first-order chi connectivity index (χ1) is 23.1. The maximum atomic E-state index is 17.0. The lowest BCUT2D eigenvalue weighted by Gasteiger charge is -2.42. The molecule has 10 nitrogen and oxygen atoms in total. The van der Waals surface area contributed by atoms with Crippen LogP contribution in [0.2, 0.25) is 0 Å². The van der Waals surface area contributed by atoms with E-state index in [0.29, 0.717) is 42.1 Å². The van der Waals surface area contributed by atoms with Crippen LogP contribution < -0.4 is 15.0 Å². The van der Waals surface area contributed by atoms with E-state index >= 15 is 8.78 Å². The number of carbonyl (C=O) groups excluding carboxylic acids is 1. The zero-order chi connectivity index (χ0) is 33.2. The minimum atomic E-state index is -1.35. The number of halogens is 3. The molecule has 0 saturated carbocycles. The molecule has 9 rings (SSSR count). The van der Waals surface area contributed by atoms with Crippen LogP contribution in [0.4, 0.5) is 23.8 Å². The largest absolute Gasteiger partial charge is 0.508 e. The molecule has 3 fully saturated rings. The fraction of sp³-hybridized carbons (Fsp3) is 0.486. The minimum absolute atomic E-state index is 0.0210. The SMILES string of the molecule is C[C@@]12C[C@@H](F)CN(C1)c1nc(OC[C@@]34CCCN3C[C@H](F)C4)nc3c(F)c(ncc13)-c1cc(O)cc3cccc(c13)CCCOC(=O)N2. The van der Waals surface area contributed by atoms with Gasteiger partial charge in [-0.2, -0.15) is 9.97 Å². The molecule has 0 unspecified atom stereocenters. The van der Waals surface area contributed by atoms with E-state index in [1.54, 1.807) is 17.9 Å². The number of alkyl carbamates (subject to hydrolysis) is 1. The first-order valence-electron chi connectivity index (χ1n) is 16.6. The summed E-state index contributed by atoms with van der Waals surface area (Å²) in [6.07, 6.45) is 1.54. The number of benzene rings is 2. The van der Waals surface area contributed by atoms with Crippen LogP contribution >= 0.6 is 0 Å². The molecule has 0 radical (unpaired) electrons. The number of anilines is 1. The van der Waals surface area contributed by atoms with Crippen molar-refractivity contribution in [2.45, 2.75) is 68.9 Å². The van der Waals surface area contributed by atoms with Gasteiger partial charge >= 0.3 is 12.1 Å². The Morgan fingerprint density at radius 2 is 2.00 bits per heavy atom. The molecule has 5 aliphatic rings. The fourth-order valence-electron chi connectivity index (χ4n) is 8.35. The number of amides is 1. The van der Waals surface area contributed by atoms with E-state index in [9.17, 15) is 14.3 Å². The molecular formula is C35H37F3N6O4. The second kappa shape index (κ2) is 11.6. The van der Waals surface area contributed by atoms with Gasteiger partial charge in [0.05, 0.1) is 29.6 Å². The van der Waals surface area contributed by atoms with Crippen LogP contribution in [0.1, 0.15) is 44.6 Å². The van der Waals surface area contributed by atoms with Gasteiger partial charge in [-0.05, 0) is 67.6 Å². The number of hydrogen-bond donors (Lipinski definition) is 2. The number of pyridine rings is 1. The second-order valence-corrected chi connectivity index (χ2v) is 14.0. The van der Waals surface area contributed by atoms with Crippen LogP contribution in [0.3, 0.4) is 0 Å². The molecule has 7 heterocycles. The Kier molecular flexibility index (Phi) is 7.50. The Labute approximate surface area is 275 Å². The van der Waals surface area contributed by atoms with E-state index in [4.69, 9.17) is 9.47 Å². The number of aromatic nitrogens is 3. The molecule has 13 heteroatoms. The van der Waals surface area contributed by atoms with E-state index in [-0.39, 0.29) is 66.9 Å². The Morgan fingerprint density at radius 1 is 1.15 bits per heavy atom. The summed E-state index contributed by atoms with van der Waals surface area (Å²) in [7, 11) is 0. The summed E-state index contributed by atoms with van der Waals surface area (Å²) in [6.45, 7) is 3.18. The van der Waals surface area contributed by atoms with Crippen molar-refractivity contribution in [1.29, 1.82) is 0 Å². The molecule has 2 aromatic heterocycles. The van der Waals surface area contributed by atoms with Gasteiger partial charge in [-0.25, -0.2) is 18.0 Å². The summed E-state index contributed by atoms with van der Waals surface area (Å²) in [6, 6.07) is 8.57. The smallest absolute Gasteiger partial charge is 0.407 e. The maximum absolute atomic E-state index is 17.0. The summed E-state index contributed by atoms with van der Waals surface area (Å²) in [5.41, 5.74) is -0.394. The zero-order valence-corrected chi connectivity index (χ0v) is 26.6. The Bertz CT molecular complexity index is 1930. The van der Waals surface area contributed by atoms with Crippen LogP contribution in [-0.4, -0.2) is 93.9 Å². The van der Waals surface area contributed by atoms with Crippen LogP contribution in [0.5, 0.6) is 11.8 Å². The van der Waals surface area contributed by atoms with Gasteiger partial charge in [0.25, 0.3) is 0 Å². The standard InChI is InChI=1S/C35H37F3N6O4/c1-34-13-22(36)16-43(18-34)31-26-15-39-29(25-12-24(45)11-21-6-2-5-20(27(21)25)7-3-10-47-33(46)42-34)28(38)30(26)40-32(41-31)48-19-35-8-4-9-44(35)17-23(37)14-35/h2,5-6,11-12,15,22-23,45H,3-4,7-10,13-14,16-19H2,1H3,(H,42,46)/t22-,23-,34-,35+/m1/s1. The van der Waals surface area contributed by atoms with E-state index in [1.807, 2.05) is 18.2 Å². The number of rotatable bonds is 3. The van der Waals surface area contributed by atoms with Crippen molar-refractivity contribution >= 4 is 33.6 Å². The van der Waals surface area contributed by atoms with Gasteiger partial charge in [-0.1, -0.05) is 18.2 Å². The van der Waals surface area contributed by atoms with Crippen molar-refractivity contribution in [3.8, 4) is 23.0 Å². The Morgan fingerprint density at radius 3 is 2.88 bits per heavy atom. The molecule has 0 aliphatic carbocycles. The third-order valence-electron chi connectivity index (χ3n) is 10.3. The molecule has 0 spiro atoms. The Balaban J connectivity index is 1.31. The monoisotopic (exact) mass is 662 g/mol. The number of nitrogens with one attached hydrogen (secondary N) is 1. The summed E-state index contributed by atoms with van der Waals surface area (Å²) in [5.74, 6) is -0.595. The summed E-state index contributed by atoms with van der Waals surface area (Å²) in [5, 5.41) is 15.2. The highest BCUT2D eigenvalue weighted by Gasteiger charge is 2.49. The molecule has 48 heavy (non-hydrogen) atoms. The second-order valence-electron chi connectivity index (χ2n) is 14.0. The molecule has 252 valence electrons. The molecule has 4 atom stereocenters. The molecular weight excluding hydrogens is 625 g/mol. The highest BCUT2D eigenvalue weighted by atomic mass is 19.1. The highest BCUT2D eigenvalue weighted by molar-refractivity contribution is 6.01. The van der Waals surface area contributed by atoms with Crippen molar-refractivity contribution in [1.82, 2.24) is 25.2 Å². The maximum Gasteiger partial charge on any atom is 0.407 e. The van der Waals surface area contributed by atoms with Crippen molar-refractivity contribution < 1.29 is 32.5 Å². The average Bonchev–Trinajstić information content (AvgIpc) is 3.56. The quantitative estimate of drug-likeness (QED) is 0.289. The van der Waals surface area contributed by atoms with Gasteiger partial charge in [0, 0.05) is 37.7 Å². The van der Waals surface area contributed by atoms with Gasteiger partial charge in [-0.3, -0.25) is 9.88 Å². The molecule has 3 saturated heterocycles. The number of piperidine rings is 1. The summed E-state index contributed by atoms with van der Waals surface area (Å²) < 4.78 is 58.7. The van der Waals surface area contributed by atoms with Crippen molar-refractivity contribution in [2.24, 2.45) is 0 Å². The van der Waals surface area contributed by atoms with Crippen LogP contribution in [-0.2, 0) is 11.2 Å². The number of phenolic OH excluding ortho intramolecular Hbond substituents is 1. The van der Waals surface area contributed by atoms with E-state index in [0.717, 1.165) is 24.9 Å². The third kappa shape index (κ3) is 5.41. The predicted molar refractivity (Wildman–Crippen MR) is 173 cm³/mol. The average molecular weight is 663 g/mol. The topological polar surface area (TPSA) is 113 Å². The lowest BCUT2D eigenvalue weighted by atomic mass is 9.90. The number of aromatic hydroxyl groups is 1.